The molecule has 1 N–H and O–H groups in total. The van der Waals surface area contributed by atoms with Crippen LogP contribution in [0.2, 0.25) is 0 Å². The zero-order valence-corrected chi connectivity index (χ0v) is 12.4. The summed E-state index contributed by atoms with van der Waals surface area (Å²) in [4.78, 5) is 4.91. The zero-order chi connectivity index (χ0) is 15.3. The minimum atomic E-state index is -4.27. The molecule has 2 atom stereocenters. The second-order valence-corrected chi connectivity index (χ2v) is 5.96. The van der Waals surface area contributed by atoms with Crippen molar-refractivity contribution in [3.8, 4) is 0 Å². The van der Waals surface area contributed by atoms with Crippen molar-refractivity contribution in [1.29, 1.82) is 0 Å². The van der Waals surface area contributed by atoms with Crippen LogP contribution in [-0.4, -0.2) is 23.7 Å². The van der Waals surface area contributed by atoms with Gasteiger partial charge in [0.25, 0.3) is 0 Å². The van der Waals surface area contributed by atoms with Gasteiger partial charge in [0.05, 0.1) is 0 Å². The van der Waals surface area contributed by atoms with Crippen LogP contribution in [0.3, 0.4) is 0 Å². The van der Waals surface area contributed by atoms with Crippen LogP contribution in [0.4, 0.5) is 13.2 Å². The van der Waals surface area contributed by atoms with Crippen LogP contribution < -0.4 is 5.32 Å². The molecule has 0 aromatic carbocycles. The highest BCUT2D eigenvalue weighted by Gasteiger charge is 2.39. The Hall–Kier alpha value is -1.40. The third kappa shape index (κ3) is 4.82. The lowest BCUT2D eigenvalue weighted by Gasteiger charge is -2.23. The monoisotopic (exact) mass is 314 g/mol. The Labute approximate surface area is 126 Å². The first-order valence-electron chi connectivity index (χ1n) is 6.69. The van der Waals surface area contributed by atoms with E-state index in [4.69, 9.17) is 0 Å². The van der Waals surface area contributed by atoms with Crippen molar-refractivity contribution in [3.63, 3.8) is 0 Å². The van der Waals surface area contributed by atoms with E-state index in [1.165, 1.54) is 12.4 Å². The molecule has 2 heterocycles. The van der Waals surface area contributed by atoms with Gasteiger partial charge in [0, 0.05) is 29.7 Å². The second-order valence-electron chi connectivity index (χ2n) is 4.98. The van der Waals surface area contributed by atoms with Gasteiger partial charge in [-0.2, -0.15) is 13.2 Å². The molecule has 0 amide bonds. The Morgan fingerprint density at radius 1 is 1.24 bits per heavy atom. The van der Waals surface area contributed by atoms with Gasteiger partial charge in [-0.15, -0.1) is 11.3 Å². The summed E-state index contributed by atoms with van der Waals surface area (Å²) in [5.74, 6) is 0.0623. The molecular formula is C15H17F3N2S. The van der Waals surface area contributed by atoms with Crippen molar-refractivity contribution in [2.75, 3.05) is 6.54 Å². The molecule has 0 aliphatic rings. The third-order valence-electron chi connectivity index (χ3n) is 3.28. The lowest BCUT2D eigenvalue weighted by Crippen LogP contribution is -2.45. The van der Waals surface area contributed by atoms with Crippen LogP contribution in [0.15, 0.2) is 42.0 Å². The van der Waals surface area contributed by atoms with Crippen molar-refractivity contribution in [2.24, 2.45) is 0 Å². The molecule has 2 aromatic heterocycles. The molecule has 2 rings (SSSR count). The minimum absolute atomic E-state index is 0.0623. The van der Waals surface area contributed by atoms with Crippen molar-refractivity contribution >= 4 is 11.3 Å². The van der Waals surface area contributed by atoms with Crippen LogP contribution >= 0.6 is 11.3 Å². The molecule has 6 heteroatoms. The van der Waals surface area contributed by atoms with Gasteiger partial charge in [0.15, 0.2) is 0 Å². The molecule has 0 saturated heterocycles. The van der Waals surface area contributed by atoms with Crippen molar-refractivity contribution < 1.29 is 13.2 Å². The largest absolute Gasteiger partial charge is 0.404 e. The fourth-order valence-corrected chi connectivity index (χ4v) is 2.84. The Kier molecular flexibility index (Phi) is 5.36. The summed E-state index contributed by atoms with van der Waals surface area (Å²) in [7, 11) is 0. The number of halogens is 3. The highest BCUT2D eigenvalue weighted by molar-refractivity contribution is 7.10. The van der Waals surface area contributed by atoms with Gasteiger partial charge < -0.3 is 5.32 Å². The molecule has 2 aromatic rings. The smallest absolute Gasteiger partial charge is 0.305 e. The fraction of sp³-hybridized carbons (Fsp3) is 0.400. The standard InChI is InChI=1S/C15H17F3N2S/c1-11(13-3-2-8-21-13)10-20-14(15(16,17)18)9-12-4-6-19-7-5-12/h2-8,11,14,20H,9-10H2,1H3/t11-,14+/m1/s1. The van der Waals surface area contributed by atoms with E-state index in [0.29, 0.717) is 12.1 Å². The van der Waals surface area contributed by atoms with E-state index in [1.54, 1.807) is 23.5 Å². The zero-order valence-electron chi connectivity index (χ0n) is 11.6. The van der Waals surface area contributed by atoms with Crippen LogP contribution in [0, 0.1) is 0 Å². The summed E-state index contributed by atoms with van der Waals surface area (Å²) >= 11 is 1.56. The van der Waals surface area contributed by atoms with Crippen LogP contribution in [0.5, 0.6) is 0 Å². The molecule has 0 bridgehead atoms. The molecule has 21 heavy (non-hydrogen) atoms. The molecule has 2 nitrogen and oxygen atoms in total. The average molecular weight is 314 g/mol. The van der Waals surface area contributed by atoms with Gasteiger partial charge in [0.1, 0.15) is 6.04 Å². The third-order valence-corrected chi connectivity index (χ3v) is 4.39. The fourth-order valence-electron chi connectivity index (χ4n) is 2.05. The molecule has 0 aliphatic carbocycles. The van der Waals surface area contributed by atoms with E-state index in [-0.39, 0.29) is 12.3 Å². The number of nitrogens with zero attached hydrogens (tertiary/aromatic N) is 1. The van der Waals surface area contributed by atoms with Crippen LogP contribution in [0.1, 0.15) is 23.3 Å². The highest BCUT2D eigenvalue weighted by atomic mass is 32.1. The molecule has 0 spiro atoms. The van der Waals surface area contributed by atoms with Gasteiger partial charge in [-0.3, -0.25) is 4.98 Å². The first-order chi connectivity index (χ1) is 9.97. The minimum Gasteiger partial charge on any atom is -0.305 e. The van der Waals surface area contributed by atoms with E-state index in [9.17, 15) is 13.2 Å². The maximum absolute atomic E-state index is 13.1. The Balaban J connectivity index is 1.97. The maximum Gasteiger partial charge on any atom is 0.404 e. The average Bonchev–Trinajstić information content (AvgIpc) is 2.97. The predicted octanol–water partition coefficient (Wildman–Crippen LogP) is 4.01. The Morgan fingerprint density at radius 3 is 2.52 bits per heavy atom. The van der Waals surface area contributed by atoms with E-state index in [2.05, 4.69) is 10.3 Å². The number of pyridine rings is 1. The molecule has 0 unspecified atom stereocenters. The number of thiophene rings is 1. The summed E-state index contributed by atoms with van der Waals surface area (Å²) < 4.78 is 39.4. The van der Waals surface area contributed by atoms with Crippen molar-refractivity contribution in [1.82, 2.24) is 10.3 Å². The number of hydrogen-bond acceptors (Lipinski definition) is 3. The van der Waals surface area contributed by atoms with Crippen LogP contribution in [-0.2, 0) is 6.42 Å². The highest BCUT2D eigenvalue weighted by Crippen LogP contribution is 2.25. The first kappa shape index (κ1) is 16.0. The molecule has 0 aliphatic heterocycles. The quantitative estimate of drug-likeness (QED) is 0.871. The maximum atomic E-state index is 13.1. The Morgan fingerprint density at radius 2 is 1.95 bits per heavy atom. The van der Waals surface area contributed by atoms with Gasteiger partial charge in [-0.1, -0.05) is 13.0 Å². The Bertz CT molecular complexity index is 526. The lowest BCUT2D eigenvalue weighted by molar-refractivity contribution is -0.155. The van der Waals surface area contributed by atoms with Gasteiger partial charge >= 0.3 is 6.18 Å². The lowest BCUT2D eigenvalue weighted by atomic mass is 10.1. The van der Waals surface area contributed by atoms with E-state index in [1.807, 2.05) is 24.4 Å². The first-order valence-corrected chi connectivity index (χ1v) is 7.57. The summed E-state index contributed by atoms with van der Waals surface area (Å²) in [5.41, 5.74) is 0.628. The van der Waals surface area contributed by atoms with Gasteiger partial charge in [-0.05, 0) is 35.6 Å². The number of hydrogen-bond donors (Lipinski definition) is 1. The topological polar surface area (TPSA) is 24.9 Å². The van der Waals surface area contributed by atoms with E-state index >= 15 is 0 Å². The molecule has 114 valence electrons. The molecule has 0 radical (unpaired) electrons. The van der Waals surface area contributed by atoms with E-state index < -0.39 is 12.2 Å². The normalized spacial score (nSPS) is 14.9. The molecule has 0 saturated carbocycles. The molecular weight excluding hydrogens is 297 g/mol. The van der Waals surface area contributed by atoms with Crippen molar-refractivity contribution in [2.45, 2.75) is 31.5 Å². The van der Waals surface area contributed by atoms with Crippen molar-refractivity contribution in [3.05, 3.63) is 52.5 Å². The number of alkyl halides is 3. The summed E-state index contributed by atoms with van der Waals surface area (Å²) in [5, 5.41) is 4.59. The number of aromatic nitrogens is 1. The van der Waals surface area contributed by atoms with Gasteiger partial charge in [-0.25, -0.2) is 0 Å². The van der Waals surface area contributed by atoms with Crippen LogP contribution in [0.25, 0.3) is 0 Å². The number of nitrogens with one attached hydrogen (secondary N) is 1. The number of rotatable bonds is 6. The predicted molar refractivity (Wildman–Crippen MR) is 78.5 cm³/mol. The molecule has 0 fully saturated rings. The summed E-state index contributed by atoms with van der Waals surface area (Å²) in [6.07, 6.45) is -1.32. The summed E-state index contributed by atoms with van der Waals surface area (Å²) in [6, 6.07) is 5.55. The summed E-state index contributed by atoms with van der Waals surface area (Å²) in [6.45, 7) is 2.23. The second kappa shape index (κ2) is 7.04. The SMILES string of the molecule is C[C@H](CN[C@@H](Cc1ccncc1)C(F)(F)F)c1cccs1. The van der Waals surface area contributed by atoms with Gasteiger partial charge in [0.2, 0.25) is 0 Å². The van der Waals surface area contributed by atoms with E-state index in [0.717, 1.165) is 4.88 Å².